The lowest BCUT2D eigenvalue weighted by Crippen LogP contribution is -2.19. The third kappa shape index (κ3) is 3.23. The molecular weight excluding hydrogens is 391 g/mol. The van der Waals surface area contributed by atoms with Gasteiger partial charge in [-0.15, -0.1) is 0 Å². The molecule has 30 heavy (non-hydrogen) atoms. The van der Waals surface area contributed by atoms with Gasteiger partial charge in [-0.2, -0.15) is 18.3 Å². The standard InChI is InChI=1S/C22H18F3N5/c23-22(24,25)19-5-2-6-20(29-19)30-18-11-14(7-8-15(18)12-27-30)17-10-9-13-3-1-4-16(26)21(13)28-17/h2,5-12,16H,1,3-4,26H2. The van der Waals surface area contributed by atoms with Crippen molar-refractivity contribution >= 4 is 10.9 Å². The van der Waals surface area contributed by atoms with Gasteiger partial charge >= 0.3 is 6.18 Å². The van der Waals surface area contributed by atoms with Crippen LogP contribution in [0.4, 0.5) is 13.2 Å². The number of rotatable bonds is 2. The van der Waals surface area contributed by atoms with Gasteiger partial charge in [-0.25, -0.2) is 9.67 Å². The number of benzene rings is 1. The summed E-state index contributed by atoms with van der Waals surface area (Å²) in [5, 5.41) is 5.05. The van der Waals surface area contributed by atoms with E-state index in [2.05, 4.69) is 16.1 Å². The number of hydrogen-bond acceptors (Lipinski definition) is 4. The number of aromatic nitrogens is 4. The third-order valence-corrected chi connectivity index (χ3v) is 5.43. The lowest BCUT2D eigenvalue weighted by Gasteiger charge is -2.21. The van der Waals surface area contributed by atoms with Crippen molar-refractivity contribution in [2.24, 2.45) is 5.73 Å². The minimum atomic E-state index is -4.52. The molecule has 4 aromatic rings. The van der Waals surface area contributed by atoms with Gasteiger partial charge in [0.25, 0.3) is 0 Å². The van der Waals surface area contributed by atoms with E-state index in [1.165, 1.54) is 22.4 Å². The molecule has 0 aliphatic heterocycles. The van der Waals surface area contributed by atoms with E-state index in [0.717, 1.165) is 47.7 Å². The summed E-state index contributed by atoms with van der Waals surface area (Å²) in [7, 11) is 0. The van der Waals surface area contributed by atoms with E-state index in [9.17, 15) is 13.2 Å². The molecule has 1 atom stereocenters. The summed E-state index contributed by atoms with van der Waals surface area (Å²) >= 11 is 0. The molecule has 0 spiro atoms. The largest absolute Gasteiger partial charge is 0.433 e. The molecule has 5 nitrogen and oxygen atoms in total. The maximum atomic E-state index is 13.1. The zero-order valence-electron chi connectivity index (χ0n) is 15.9. The van der Waals surface area contributed by atoms with Gasteiger partial charge in [-0.05, 0) is 49.1 Å². The van der Waals surface area contributed by atoms with Gasteiger partial charge in [-0.1, -0.05) is 24.3 Å². The summed E-state index contributed by atoms with van der Waals surface area (Å²) in [6, 6.07) is 13.4. The summed E-state index contributed by atoms with van der Waals surface area (Å²) < 4.78 is 40.6. The van der Waals surface area contributed by atoms with Gasteiger partial charge in [0.05, 0.1) is 23.1 Å². The van der Waals surface area contributed by atoms with Crippen LogP contribution in [-0.2, 0) is 12.6 Å². The molecule has 0 radical (unpaired) electrons. The third-order valence-electron chi connectivity index (χ3n) is 5.43. The van der Waals surface area contributed by atoms with Crippen molar-refractivity contribution in [1.82, 2.24) is 19.7 Å². The van der Waals surface area contributed by atoms with Crippen molar-refractivity contribution < 1.29 is 13.2 Å². The highest BCUT2D eigenvalue weighted by atomic mass is 19.4. The van der Waals surface area contributed by atoms with Gasteiger partial charge in [-0.3, -0.25) is 4.98 Å². The molecule has 1 aromatic carbocycles. The molecule has 3 heterocycles. The van der Waals surface area contributed by atoms with E-state index >= 15 is 0 Å². The Hall–Kier alpha value is -3.26. The Kier molecular flexibility index (Phi) is 4.32. The molecule has 0 bridgehead atoms. The van der Waals surface area contributed by atoms with Crippen molar-refractivity contribution in [2.75, 3.05) is 0 Å². The van der Waals surface area contributed by atoms with Crippen molar-refractivity contribution in [2.45, 2.75) is 31.5 Å². The van der Waals surface area contributed by atoms with Gasteiger partial charge in [0.15, 0.2) is 5.82 Å². The molecule has 2 N–H and O–H groups in total. The Labute approximate surface area is 170 Å². The van der Waals surface area contributed by atoms with Crippen molar-refractivity contribution in [3.63, 3.8) is 0 Å². The maximum Gasteiger partial charge on any atom is 0.433 e. The van der Waals surface area contributed by atoms with Crippen LogP contribution in [0.3, 0.4) is 0 Å². The Balaban J connectivity index is 1.60. The van der Waals surface area contributed by atoms with Crippen molar-refractivity contribution in [3.8, 4) is 17.1 Å². The lowest BCUT2D eigenvalue weighted by molar-refractivity contribution is -0.141. The molecule has 0 saturated carbocycles. The highest BCUT2D eigenvalue weighted by Crippen LogP contribution is 2.31. The van der Waals surface area contributed by atoms with E-state index in [1.54, 1.807) is 6.20 Å². The van der Waals surface area contributed by atoms with Crippen LogP contribution < -0.4 is 5.73 Å². The second-order valence-corrected chi connectivity index (χ2v) is 7.45. The fraction of sp³-hybridized carbons (Fsp3) is 0.227. The molecule has 0 amide bonds. The number of halogens is 3. The molecule has 3 aromatic heterocycles. The topological polar surface area (TPSA) is 69.6 Å². The molecule has 0 fully saturated rings. The number of nitrogens with two attached hydrogens (primary N) is 1. The van der Waals surface area contributed by atoms with Gasteiger partial charge < -0.3 is 5.73 Å². The van der Waals surface area contributed by atoms with E-state index in [-0.39, 0.29) is 11.9 Å². The molecule has 0 saturated heterocycles. The second kappa shape index (κ2) is 6.91. The SMILES string of the molecule is NC1CCCc2ccc(-c3ccc4cnn(-c5cccc(C(F)(F)F)n5)c4c3)nc21. The predicted octanol–water partition coefficient (Wildman–Crippen LogP) is 4.84. The van der Waals surface area contributed by atoms with Gasteiger partial charge in [0.2, 0.25) is 0 Å². The summed E-state index contributed by atoms with van der Waals surface area (Å²) in [4.78, 5) is 8.54. The molecule has 8 heteroatoms. The number of alkyl halides is 3. The summed E-state index contributed by atoms with van der Waals surface area (Å²) in [5.74, 6) is 0.109. The van der Waals surface area contributed by atoms with E-state index < -0.39 is 11.9 Å². The first-order valence-electron chi connectivity index (χ1n) is 9.68. The monoisotopic (exact) mass is 409 g/mol. The second-order valence-electron chi connectivity index (χ2n) is 7.45. The van der Waals surface area contributed by atoms with Crippen LogP contribution in [0, 0.1) is 0 Å². The van der Waals surface area contributed by atoms with Crippen LogP contribution in [0.15, 0.2) is 54.7 Å². The lowest BCUT2D eigenvalue weighted by atomic mass is 9.92. The van der Waals surface area contributed by atoms with Crippen molar-refractivity contribution in [3.05, 3.63) is 71.7 Å². The normalized spacial score (nSPS) is 16.6. The number of pyridine rings is 2. The first-order valence-corrected chi connectivity index (χ1v) is 9.68. The van der Waals surface area contributed by atoms with Crippen LogP contribution in [0.25, 0.3) is 28.0 Å². The Morgan fingerprint density at radius 2 is 1.90 bits per heavy atom. The van der Waals surface area contributed by atoms with Crippen LogP contribution >= 0.6 is 0 Å². The van der Waals surface area contributed by atoms with E-state index in [1.807, 2.05) is 24.3 Å². The number of fused-ring (bicyclic) bond motifs is 2. The zero-order valence-corrected chi connectivity index (χ0v) is 15.9. The van der Waals surface area contributed by atoms with Crippen molar-refractivity contribution in [1.29, 1.82) is 0 Å². The summed E-state index contributed by atoms with van der Waals surface area (Å²) in [6.45, 7) is 0. The van der Waals surface area contributed by atoms with Gasteiger partial charge in [0.1, 0.15) is 5.69 Å². The number of hydrogen-bond donors (Lipinski definition) is 1. The predicted molar refractivity (Wildman–Crippen MR) is 107 cm³/mol. The van der Waals surface area contributed by atoms with Gasteiger partial charge in [0, 0.05) is 17.0 Å². The Bertz CT molecular complexity index is 1250. The molecule has 1 aliphatic carbocycles. The molecular formula is C22H18F3N5. The van der Waals surface area contributed by atoms with Crippen LogP contribution in [0.1, 0.15) is 35.8 Å². The average molecular weight is 409 g/mol. The minimum Gasteiger partial charge on any atom is -0.323 e. The fourth-order valence-electron chi connectivity index (χ4n) is 3.91. The smallest absolute Gasteiger partial charge is 0.323 e. The molecule has 1 aliphatic rings. The van der Waals surface area contributed by atoms with Crippen LogP contribution in [-0.4, -0.2) is 19.7 Å². The molecule has 1 unspecified atom stereocenters. The summed E-state index contributed by atoms with van der Waals surface area (Å²) in [6.07, 6.45) is 0.0390. The fourth-order valence-corrected chi connectivity index (χ4v) is 3.91. The first kappa shape index (κ1) is 18.7. The minimum absolute atomic E-state index is 0.0720. The molecule has 152 valence electrons. The maximum absolute atomic E-state index is 13.1. The summed E-state index contributed by atoms with van der Waals surface area (Å²) in [5.41, 5.74) is 9.66. The quantitative estimate of drug-likeness (QED) is 0.515. The number of aryl methyl sites for hydroxylation is 1. The Morgan fingerprint density at radius 1 is 1.03 bits per heavy atom. The van der Waals surface area contributed by atoms with Crippen LogP contribution in [0.5, 0.6) is 0 Å². The first-order chi connectivity index (χ1) is 14.4. The highest BCUT2D eigenvalue weighted by Gasteiger charge is 2.32. The zero-order chi connectivity index (χ0) is 20.9. The Morgan fingerprint density at radius 3 is 2.73 bits per heavy atom. The average Bonchev–Trinajstić information content (AvgIpc) is 3.17. The number of nitrogens with zero attached hydrogens (tertiary/aromatic N) is 4. The molecule has 5 rings (SSSR count). The van der Waals surface area contributed by atoms with Crippen LogP contribution in [0.2, 0.25) is 0 Å². The van der Waals surface area contributed by atoms with E-state index in [4.69, 9.17) is 10.7 Å². The van der Waals surface area contributed by atoms with E-state index in [0.29, 0.717) is 5.52 Å². The highest BCUT2D eigenvalue weighted by molar-refractivity contribution is 5.84.